The third kappa shape index (κ3) is 2.94. The minimum Gasteiger partial charge on any atom is -0.366 e. The minimum absolute atomic E-state index is 0.130. The van der Waals surface area contributed by atoms with E-state index in [1.165, 1.54) is 5.39 Å². The van der Waals surface area contributed by atoms with Crippen molar-refractivity contribution in [3.05, 3.63) is 60.2 Å². The predicted octanol–water partition coefficient (Wildman–Crippen LogP) is 3.65. The van der Waals surface area contributed by atoms with E-state index >= 15 is 0 Å². The summed E-state index contributed by atoms with van der Waals surface area (Å²) in [6.07, 6.45) is 5.70. The summed E-state index contributed by atoms with van der Waals surface area (Å²) in [5.74, 6) is 0.442. The number of aromatic amines is 1. The molecule has 1 aliphatic heterocycles. The summed E-state index contributed by atoms with van der Waals surface area (Å²) in [4.78, 5) is 24.8. The lowest BCUT2D eigenvalue weighted by Gasteiger charge is -2.36. The average molecular weight is 348 g/mol. The lowest BCUT2D eigenvalue weighted by molar-refractivity contribution is 0.0745. The molecule has 26 heavy (non-hydrogen) atoms. The third-order valence-corrected chi connectivity index (χ3v) is 5.14. The van der Waals surface area contributed by atoms with E-state index in [0.29, 0.717) is 5.92 Å². The van der Waals surface area contributed by atoms with Gasteiger partial charge in [0.2, 0.25) is 0 Å². The van der Waals surface area contributed by atoms with Gasteiger partial charge in [0.05, 0.1) is 17.4 Å². The summed E-state index contributed by atoms with van der Waals surface area (Å²) in [5.41, 5.74) is 2.98. The van der Waals surface area contributed by atoms with Crippen molar-refractivity contribution in [3.8, 4) is 0 Å². The van der Waals surface area contributed by atoms with Crippen LogP contribution in [0.25, 0.3) is 10.8 Å². The molecule has 1 amide bonds. The molecule has 5 heteroatoms. The molecule has 0 bridgehead atoms. The Morgan fingerprint density at radius 2 is 1.85 bits per heavy atom. The van der Waals surface area contributed by atoms with Crippen LogP contribution in [0.4, 0.5) is 5.69 Å². The maximum absolute atomic E-state index is 12.9. The first-order valence-electron chi connectivity index (χ1n) is 9.19. The van der Waals surface area contributed by atoms with Crippen molar-refractivity contribution < 1.29 is 4.79 Å². The van der Waals surface area contributed by atoms with Gasteiger partial charge in [-0.1, -0.05) is 38.1 Å². The zero-order valence-electron chi connectivity index (χ0n) is 15.3. The van der Waals surface area contributed by atoms with Crippen LogP contribution in [-0.4, -0.2) is 47.0 Å². The minimum atomic E-state index is 0.130. The zero-order chi connectivity index (χ0) is 18.1. The van der Waals surface area contributed by atoms with Crippen molar-refractivity contribution in [2.45, 2.75) is 19.8 Å². The molecule has 0 aliphatic carbocycles. The first-order chi connectivity index (χ1) is 12.6. The summed E-state index contributed by atoms with van der Waals surface area (Å²) in [7, 11) is 0. The molecule has 1 aliphatic rings. The van der Waals surface area contributed by atoms with Crippen LogP contribution in [-0.2, 0) is 0 Å². The van der Waals surface area contributed by atoms with E-state index < -0.39 is 0 Å². The van der Waals surface area contributed by atoms with Gasteiger partial charge in [-0.3, -0.25) is 9.78 Å². The van der Waals surface area contributed by atoms with Crippen molar-refractivity contribution in [3.63, 3.8) is 0 Å². The van der Waals surface area contributed by atoms with Crippen molar-refractivity contribution >= 4 is 22.4 Å². The van der Waals surface area contributed by atoms with Gasteiger partial charge in [-0.15, -0.1) is 0 Å². The molecule has 134 valence electrons. The maximum atomic E-state index is 12.9. The summed E-state index contributed by atoms with van der Waals surface area (Å²) in [6, 6.07) is 10.2. The van der Waals surface area contributed by atoms with Crippen LogP contribution in [0.15, 0.2) is 48.9 Å². The zero-order valence-corrected chi connectivity index (χ0v) is 15.3. The first-order valence-corrected chi connectivity index (χ1v) is 9.19. The summed E-state index contributed by atoms with van der Waals surface area (Å²) < 4.78 is 0. The Balaban J connectivity index is 1.50. The lowest BCUT2D eigenvalue weighted by atomic mass is 10.0. The van der Waals surface area contributed by atoms with Gasteiger partial charge in [0.25, 0.3) is 5.91 Å². The Bertz CT molecular complexity index is 917. The second kappa shape index (κ2) is 6.83. The number of fused-ring (bicyclic) bond motifs is 1. The summed E-state index contributed by atoms with van der Waals surface area (Å²) >= 11 is 0. The van der Waals surface area contributed by atoms with Crippen molar-refractivity contribution in [2.75, 3.05) is 31.1 Å². The van der Waals surface area contributed by atoms with E-state index in [-0.39, 0.29) is 5.91 Å². The van der Waals surface area contributed by atoms with Gasteiger partial charge in [-0.2, -0.15) is 0 Å². The van der Waals surface area contributed by atoms with Crippen molar-refractivity contribution in [1.82, 2.24) is 14.9 Å². The Hall–Kier alpha value is -2.82. The normalized spacial score (nSPS) is 15.0. The molecule has 3 heterocycles. The number of nitrogens with one attached hydrogen (secondary N) is 1. The van der Waals surface area contributed by atoms with E-state index in [0.717, 1.165) is 48.5 Å². The molecule has 0 saturated carbocycles. The Morgan fingerprint density at radius 1 is 1.08 bits per heavy atom. The van der Waals surface area contributed by atoms with Gasteiger partial charge in [-0.05, 0) is 12.0 Å². The van der Waals surface area contributed by atoms with Gasteiger partial charge in [0, 0.05) is 55.0 Å². The number of rotatable bonds is 3. The van der Waals surface area contributed by atoms with Crippen molar-refractivity contribution in [2.24, 2.45) is 0 Å². The lowest BCUT2D eigenvalue weighted by Crippen LogP contribution is -2.49. The van der Waals surface area contributed by atoms with E-state index in [9.17, 15) is 4.79 Å². The number of anilines is 1. The van der Waals surface area contributed by atoms with Crippen LogP contribution < -0.4 is 4.90 Å². The van der Waals surface area contributed by atoms with Crippen LogP contribution in [0.5, 0.6) is 0 Å². The molecule has 3 aromatic rings. The molecular formula is C21H24N4O. The molecule has 1 fully saturated rings. The highest BCUT2D eigenvalue weighted by Gasteiger charge is 2.25. The molecule has 2 aromatic heterocycles. The standard InChI is InChI=1S/C21H24N4O/c1-15(2)20-18(7-8-23-20)21(26)25-11-9-24(10-12-25)19-14-22-13-16-5-3-4-6-17(16)19/h3-8,13-15,23H,9-12H2,1-2H3. The SMILES string of the molecule is CC(C)c1[nH]ccc1C(=O)N1CCN(c2cncc3ccccc23)CC1. The Morgan fingerprint density at radius 3 is 2.62 bits per heavy atom. The molecule has 1 aromatic carbocycles. The topological polar surface area (TPSA) is 52.2 Å². The van der Waals surface area contributed by atoms with Crippen LogP contribution in [0.1, 0.15) is 35.8 Å². The number of benzene rings is 1. The number of aromatic nitrogens is 2. The van der Waals surface area contributed by atoms with Gasteiger partial charge >= 0.3 is 0 Å². The summed E-state index contributed by atoms with van der Waals surface area (Å²) in [5, 5.41) is 2.37. The molecule has 5 nitrogen and oxygen atoms in total. The van der Waals surface area contributed by atoms with E-state index in [4.69, 9.17) is 0 Å². The smallest absolute Gasteiger partial charge is 0.255 e. The molecular weight excluding hydrogens is 324 g/mol. The number of carbonyl (C=O) groups excluding carboxylic acids is 1. The van der Waals surface area contributed by atoms with Gasteiger partial charge in [0.15, 0.2) is 0 Å². The fourth-order valence-corrected chi connectivity index (χ4v) is 3.72. The average Bonchev–Trinajstić information content (AvgIpc) is 3.17. The van der Waals surface area contributed by atoms with Crippen molar-refractivity contribution in [1.29, 1.82) is 0 Å². The third-order valence-electron chi connectivity index (χ3n) is 5.14. The first kappa shape index (κ1) is 16.6. The monoisotopic (exact) mass is 348 g/mol. The van der Waals surface area contributed by atoms with E-state index in [2.05, 4.69) is 46.9 Å². The van der Waals surface area contributed by atoms with E-state index in [1.54, 1.807) is 0 Å². The highest BCUT2D eigenvalue weighted by molar-refractivity contribution is 5.96. The number of pyridine rings is 1. The number of hydrogen-bond donors (Lipinski definition) is 1. The highest BCUT2D eigenvalue weighted by atomic mass is 16.2. The second-order valence-electron chi connectivity index (χ2n) is 7.12. The number of carbonyl (C=O) groups is 1. The molecule has 1 saturated heterocycles. The highest BCUT2D eigenvalue weighted by Crippen LogP contribution is 2.27. The Kier molecular flexibility index (Phi) is 4.37. The number of piperazine rings is 1. The number of H-pyrrole nitrogens is 1. The van der Waals surface area contributed by atoms with Gasteiger partial charge in [-0.25, -0.2) is 0 Å². The van der Waals surface area contributed by atoms with Gasteiger partial charge in [0.1, 0.15) is 0 Å². The number of hydrogen-bond acceptors (Lipinski definition) is 3. The maximum Gasteiger partial charge on any atom is 0.255 e. The molecule has 0 atom stereocenters. The molecule has 0 unspecified atom stereocenters. The van der Waals surface area contributed by atoms with Crippen LogP contribution in [0.3, 0.4) is 0 Å². The number of nitrogens with zero attached hydrogens (tertiary/aromatic N) is 3. The quantitative estimate of drug-likeness (QED) is 0.786. The predicted molar refractivity (Wildman–Crippen MR) is 105 cm³/mol. The molecule has 0 spiro atoms. The Labute approximate surface area is 153 Å². The molecule has 0 radical (unpaired) electrons. The van der Waals surface area contributed by atoms with Gasteiger partial charge < -0.3 is 14.8 Å². The van der Waals surface area contributed by atoms with E-state index in [1.807, 2.05) is 35.6 Å². The molecule has 1 N–H and O–H groups in total. The largest absolute Gasteiger partial charge is 0.366 e. The number of amides is 1. The molecule has 4 rings (SSSR count). The van der Waals surface area contributed by atoms with Crippen LogP contribution in [0, 0.1) is 0 Å². The van der Waals surface area contributed by atoms with Crippen LogP contribution >= 0.6 is 0 Å². The van der Waals surface area contributed by atoms with Crippen LogP contribution in [0.2, 0.25) is 0 Å². The second-order valence-corrected chi connectivity index (χ2v) is 7.12. The fourth-order valence-electron chi connectivity index (χ4n) is 3.72. The summed E-state index contributed by atoms with van der Waals surface area (Å²) in [6.45, 7) is 7.31. The fraction of sp³-hybridized carbons (Fsp3) is 0.333.